The highest BCUT2D eigenvalue weighted by Crippen LogP contribution is 2.30. The first-order chi connectivity index (χ1) is 11.0. The van der Waals surface area contributed by atoms with Crippen LogP contribution in [0.1, 0.15) is 12.5 Å². The molecule has 0 saturated carbocycles. The van der Waals surface area contributed by atoms with Gasteiger partial charge >= 0.3 is 5.97 Å². The highest BCUT2D eigenvalue weighted by Gasteiger charge is 2.29. The van der Waals surface area contributed by atoms with Crippen LogP contribution in [0.15, 0.2) is 18.2 Å². The Labute approximate surface area is 140 Å². The van der Waals surface area contributed by atoms with Gasteiger partial charge < -0.3 is 19.5 Å². The fraction of sp³-hybridized carbons (Fsp3) is 0.500. The van der Waals surface area contributed by atoms with Crippen molar-refractivity contribution in [3.8, 4) is 5.75 Å². The van der Waals surface area contributed by atoms with E-state index in [1.807, 2.05) is 0 Å². The molecular formula is C16H20ClNO5. The third kappa shape index (κ3) is 4.84. The average Bonchev–Trinajstić information content (AvgIpc) is 2.54. The van der Waals surface area contributed by atoms with Gasteiger partial charge in [0.05, 0.1) is 12.5 Å². The van der Waals surface area contributed by atoms with E-state index < -0.39 is 18.0 Å². The number of fused-ring (bicyclic) bond motifs is 1. The third-order valence-electron chi connectivity index (χ3n) is 3.53. The maximum Gasteiger partial charge on any atom is 0.313 e. The number of hydrogen-bond donors (Lipinski definition) is 1. The van der Waals surface area contributed by atoms with Crippen LogP contribution >= 0.6 is 11.6 Å². The van der Waals surface area contributed by atoms with Crippen molar-refractivity contribution < 1.29 is 23.8 Å². The minimum Gasteiger partial charge on any atom is -0.492 e. The van der Waals surface area contributed by atoms with E-state index >= 15 is 0 Å². The zero-order valence-corrected chi connectivity index (χ0v) is 13.9. The SMILES string of the molecule is COCCNC(=O)[C@H](C)OC(=O)[C@H]1COc2ccc(Cl)cc2C1. The summed E-state index contributed by atoms with van der Waals surface area (Å²) in [4.78, 5) is 24.0. The summed E-state index contributed by atoms with van der Waals surface area (Å²) in [5, 5.41) is 3.21. The predicted octanol–water partition coefficient (Wildman–Crippen LogP) is 1.59. The van der Waals surface area contributed by atoms with Crippen LogP contribution in [0.4, 0.5) is 0 Å². The zero-order valence-electron chi connectivity index (χ0n) is 13.1. The second kappa shape index (κ2) is 8.17. The number of esters is 1. The number of hydrogen-bond acceptors (Lipinski definition) is 5. The maximum absolute atomic E-state index is 12.2. The summed E-state index contributed by atoms with van der Waals surface area (Å²) in [5.41, 5.74) is 0.864. The van der Waals surface area contributed by atoms with Crippen molar-refractivity contribution in [3.05, 3.63) is 28.8 Å². The lowest BCUT2D eigenvalue weighted by atomic mass is 9.97. The number of nitrogens with one attached hydrogen (secondary N) is 1. The molecule has 1 aromatic rings. The fourth-order valence-corrected chi connectivity index (χ4v) is 2.45. The Bertz CT molecular complexity index is 578. The summed E-state index contributed by atoms with van der Waals surface area (Å²) in [7, 11) is 1.54. The van der Waals surface area contributed by atoms with Gasteiger partial charge in [-0.05, 0) is 37.1 Å². The van der Waals surface area contributed by atoms with Crippen molar-refractivity contribution in [3.63, 3.8) is 0 Å². The number of carbonyl (C=O) groups excluding carboxylic acids is 2. The van der Waals surface area contributed by atoms with Crippen LogP contribution in [0.25, 0.3) is 0 Å². The first-order valence-corrected chi connectivity index (χ1v) is 7.77. The van der Waals surface area contributed by atoms with Gasteiger partial charge in [0, 0.05) is 18.7 Å². The van der Waals surface area contributed by atoms with Crippen LogP contribution in [0.5, 0.6) is 5.75 Å². The molecule has 1 aliphatic rings. The molecule has 0 saturated heterocycles. The van der Waals surface area contributed by atoms with Gasteiger partial charge in [-0.15, -0.1) is 0 Å². The number of benzene rings is 1. The molecule has 1 amide bonds. The van der Waals surface area contributed by atoms with Crippen LogP contribution in [-0.2, 0) is 25.5 Å². The first-order valence-electron chi connectivity index (χ1n) is 7.39. The smallest absolute Gasteiger partial charge is 0.313 e. The molecular weight excluding hydrogens is 322 g/mol. The molecule has 0 fully saturated rings. The Morgan fingerprint density at radius 3 is 3.00 bits per heavy atom. The molecule has 1 aliphatic heterocycles. The number of halogens is 1. The van der Waals surface area contributed by atoms with Crippen molar-refractivity contribution in [2.75, 3.05) is 26.9 Å². The van der Waals surface area contributed by atoms with Gasteiger partial charge in [0.1, 0.15) is 12.4 Å². The van der Waals surface area contributed by atoms with Gasteiger partial charge in [-0.25, -0.2) is 0 Å². The first kappa shape index (κ1) is 17.6. The summed E-state index contributed by atoms with van der Waals surface area (Å²) < 4.78 is 15.6. The van der Waals surface area contributed by atoms with E-state index in [2.05, 4.69) is 5.32 Å². The highest BCUT2D eigenvalue weighted by atomic mass is 35.5. The molecule has 0 unspecified atom stereocenters. The lowest BCUT2D eigenvalue weighted by Crippen LogP contribution is -2.40. The summed E-state index contributed by atoms with van der Waals surface area (Å²) >= 11 is 5.96. The Morgan fingerprint density at radius 2 is 2.26 bits per heavy atom. The van der Waals surface area contributed by atoms with Gasteiger partial charge in [0.2, 0.25) is 0 Å². The Morgan fingerprint density at radius 1 is 1.48 bits per heavy atom. The Balaban J connectivity index is 1.88. The van der Waals surface area contributed by atoms with Crippen molar-refractivity contribution in [1.29, 1.82) is 0 Å². The molecule has 1 aromatic carbocycles. The van der Waals surface area contributed by atoms with Gasteiger partial charge in [-0.3, -0.25) is 9.59 Å². The highest BCUT2D eigenvalue weighted by molar-refractivity contribution is 6.30. The minimum atomic E-state index is -0.861. The van der Waals surface area contributed by atoms with E-state index in [0.29, 0.717) is 24.6 Å². The third-order valence-corrected chi connectivity index (χ3v) is 3.76. The molecule has 7 heteroatoms. The molecule has 0 bridgehead atoms. The Hall–Kier alpha value is -1.79. The lowest BCUT2D eigenvalue weighted by molar-refractivity contribution is -0.160. The van der Waals surface area contributed by atoms with Crippen molar-refractivity contribution in [2.45, 2.75) is 19.4 Å². The summed E-state index contributed by atoms with van der Waals surface area (Å²) in [6.45, 7) is 2.54. The maximum atomic E-state index is 12.2. The van der Waals surface area contributed by atoms with E-state index in [0.717, 1.165) is 11.3 Å². The number of rotatable bonds is 6. The lowest BCUT2D eigenvalue weighted by Gasteiger charge is -2.25. The van der Waals surface area contributed by atoms with Crippen LogP contribution < -0.4 is 10.1 Å². The molecule has 0 radical (unpaired) electrons. The van der Waals surface area contributed by atoms with Gasteiger partial charge in [-0.2, -0.15) is 0 Å². The molecule has 6 nitrogen and oxygen atoms in total. The second-order valence-corrected chi connectivity index (χ2v) is 5.76. The van der Waals surface area contributed by atoms with Crippen LogP contribution in [0.2, 0.25) is 5.02 Å². The molecule has 2 atom stereocenters. The molecule has 23 heavy (non-hydrogen) atoms. The monoisotopic (exact) mass is 341 g/mol. The number of amides is 1. The van der Waals surface area contributed by atoms with E-state index in [1.54, 1.807) is 25.3 Å². The van der Waals surface area contributed by atoms with Crippen molar-refractivity contribution in [1.82, 2.24) is 5.32 Å². The van der Waals surface area contributed by atoms with Crippen molar-refractivity contribution >= 4 is 23.5 Å². The molecule has 0 aliphatic carbocycles. The van der Waals surface area contributed by atoms with Crippen LogP contribution in [0, 0.1) is 5.92 Å². The van der Waals surface area contributed by atoms with Gasteiger partial charge in [0.25, 0.3) is 5.91 Å². The molecule has 0 aromatic heterocycles. The Kier molecular flexibility index (Phi) is 6.24. The fourth-order valence-electron chi connectivity index (χ4n) is 2.26. The van der Waals surface area contributed by atoms with E-state index in [9.17, 15) is 9.59 Å². The summed E-state index contributed by atoms with van der Waals surface area (Å²) in [6.07, 6.45) is -0.382. The molecule has 126 valence electrons. The molecule has 0 spiro atoms. The topological polar surface area (TPSA) is 73.9 Å². The standard InChI is InChI=1S/C16H20ClNO5/c1-10(15(19)18-5-6-21-2)23-16(20)12-7-11-8-13(17)3-4-14(11)22-9-12/h3-4,8,10,12H,5-7,9H2,1-2H3,(H,18,19)/t10-,12+/m0/s1. The van der Waals surface area contributed by atoms with E-state index in [1.165, 1.54) is 6.92 Å². The minimum absolute atomic E-state index is 0.228. The van der Waals surface area contributed by atoms with Crippen molar-refractivity contribution in [2.24, 2.45) is 5.92 Å². The second-order valence-electron chi connectivity index (χ2n) is 5.33. The largest absolute Gasteiger partial charge is 0.492 e. The quantitative estimate of drug-likeness (QED) is 0.628. The van der Waals surface area contributed by atoms with Gasteiger partial charge in [0.15, 0.2) is 6.10 Å². The normalized spacial score (nSPS) is 17.6. The van der Waals surface area contributed by atoms with E-state index in [4.69, 9.17) is 25.8 Å². The molecule has 2 rings (SSSR count). The number of carbonyl (C=O) groups is 2. The molecule has 1 heterocycles. The summed E-state index contributed by atoms with van der Waals surface area (Å²) in [5.74, 6) is -0.528. The number of ether oxygens (including phenoxy) is 3. The van der Waals surface area contributed by atoms with Crippen LogP contribution in [-0.4, -0.2) is 44.8 Å². The average molecular weight is 342 g/mol. The molecule has 1 N–H and O–H groups in total. The summed E-state index contributed by atoms with van der Waals surface area (Å²) in [6, 6.07) is 5.30. The zero-order chi connectivity index (χ0) is 16.8. The van der Waals surface area contributed by atoms with E-state index in [-0.39, 0.29) is 12.5 Å². The van der Waals surface area contributed by atoms with Gasteiger partial charge in [-0.1, -0.05) is 11.6 Å². The predicted molar refractivity (Wildman–Crippen MR) is 84.6 cm³/mol. The van der Waals surface area contributed by atoms with Crippen LogP contribution in [0.3, 0.4) is 0 Å². The number of methoxy groups -OCH3 is 1.